The van der Waals surface area contributed by atoms with Gasteiger partial charge in [0.15, 0.2) is 5.11 Å². The van der Waals surface area contributed by atoms with Gasteiger partial charge in [0.2, 0.25) is 0 Å². The molecule has 0 aromatic heterocycles. The van der Waals surface area contributed by atoms with Crippen LogP contribution in [0.25, 0.3) is 0 Å². The summed E-state index contributed by atoms with van der Waals surface area (Å²) in [5, 5.41) is 10.0. The molecule has 1 aliphatic rings. The van der Waals surface area contributed by atoms with Crippen molar-refractivity contribution < 1.29 is 9.53 Å². The van der Waals surface area contributed by atoms with Crippen molar-refractivity contribution in [3.63, 3.8) is 0 Å². The number of carbonyl (C=O) groups is 1. The van der Waals surface area contributed by atoms with Crippen LogP contribution >= 0.6 is 39.7 Å². The predicted octanol–water partition coefficient (Wildman–Crippen LogP) is 4.54. The van der Waals surface area contributed by atoms with E-state index in [0.717, 1.165) is 10.0 Å². The van der Waals surface area contributed by atoms with Crippen molar-refractivity contribution in [1.82, 2.24) is 10.6 Å². The van der Waals surface area contributed by atoms with Crippen LogP contribution in [0.3, 0.4) is 0 Å². The highest BCUT2D eigenvalue weighted by molar-refractivity contribution is 9.10. The molecule has 1 amide bonds. The van der Waals surface area contributed by atoms with E-state index in [2.05, 4.69) is 31.9 Å². The lowest BCUT2D eigenvalue weighted by atomic mass is 9.95. The minimum atomic E-state index is -0.388. The van der Waals surface area contributed by atoms with E-state index in [1.807, 2.05) is 31.2 Å². The maximum Gasteiger partial charge on any atom is 0.255 e. The minimum Gasteiger partial charge on any atom is -0.495 e. The van der Waals surface area contributed by atoms with Crippen LogP contribution in [0.15, 0.2) is 58.2 Å². The maximum atomic E-state index is 13.1. The smallest absolute Gasteiger partial charge is 0.255 e. The second-order valence-corrected chi connectivity index (χ2v) is 7.68. The summed E-state index contributed by atoms with van der Waals surface area (Å²) >= 11 is 14.8. The van der Waals surface area contributed by atoms with Crippen molar-refractivity contribution >= 4 is 56.5 Å². The number of halogens is 2. The van der Waals surface area contributed by atoms with Gasteiger partial charge in [-0.15, -0.1) is 0 Å². The molecule has 2 aromatic rings. The van der Waals surface area contributed by atoms with E-state index >= 15 is 0 Å². The van der Waals surface area contributed by atoms with Gasteiger partial charge in [0, 0.05) is 15.2 Å². The summed E-state index contributed by atoms with van der Waals surface area (Å²) in [4.78, 5) is 13.1. The maximum absolute atomic E-state index is 13.1. The lowest BCUT2D eigenvalue weighted by Crippen LogP contribution is -2.45. The van der Waals surface area contributed by atoms with Crippen LogP contribution in [0.1, 0.15) is 18.5 Å². The first kappa shape index (κ1) is 19.7. The second kappa shape index (κ2) is 8.29. The highest BCUT2D eigenvalue weighted by Gasteiger charge is 2.30. The summed E-state index contributed by atoms with van der Waals surface area (Å²) in [6, 6.07) is 12.4. The van der Waals surface area contributed by atoms with Crippen molar-refractivity contribution in [2.24, 2.45) is 0 Å². The fraction of sp³-hybridized carbons (Fsp3) is 0.158. The Bertz CT molecular complexity index is 948. The molecule has 0 unspecified atom stereocenters. The quantitative estimate of drug-likeness (QED) is 0.577. The van der Waals surface area contributed by atoms with Crippen LogP contribution in [-0.2, 0) is 4.79 Å². The average molecular weight is 467 g/mol. The fourth-order valence-electron chi connectivity index (χ4n) is 2.90. The minimum absolute atomic E-state index is 0.277. The van der Waals surface area contributed by atoms with Gasteiger partial charge in [-0.3, -0.25) is 4.79 Å². The van der Waals surface area contributed by atoms with Crippen molar-refractivity contribution in [3.8, 4) is 5.75 Å². The molecule has 0 aliphatic carbocycles. The zero-order valence-corrected chi connectivity index (χ0v) is 17.8. The van der Waals surface area contributed by atoms with Gasteiger partial charge >= 0.3 is 0 Å². The predicted molar refractivity (Wildman–Crippen MR) is 115 cm³/mol. The number of methoxy groups -OCH3 is 1. The van der Waals surface area contributed by atoms with E-state index in [1.54, 1.807) is 18.2 Å². The third kappa shape index (κ3) is 4.43. The Kier molecular flexibility index (Phi) is 6.04. The van der Waals surface area contributed by atoms with Crippen molar-refractivity contribution in [2.45, 2.75) is 13.0 Å². The van der Waals surface area contributed by atoms with Crippen LogP contribution in [0, 0.1) is 0 Å². The molecule has 0 saturated heterocycles. The van der Waals surface area contributed by atoms with Crippen LogP contribution in [-0.4, -0.2) is 18.1 Å². The lowest BCUT2D eigenvalue weighted by molar-refractivity contribution is -0.113. The molecule has 1 heterocycles. The highest BCUT2D eigenvalue weighted by atomic mass is 79.9. The molecule has 1 atom stereocenters. The standard InChI is InChI=1S/C19H17BrClN3O2S/c1-10-16(18(25)23-14-9-13(21)6-7-15(14)26-2)17(24-19(27)22-10)11-4-3-5-12(20)8-11/h3-9,17H,1-2H3,(H,23,25)(H2,22,24,27)/t17-/m0/s1. The molecule has 3 rings (SSSR count). The molecule has 140 valence electrons. The molecule has 2 aromatic carbocycles. The number of allylic oxidation sites excluding steroid dienone is 1. The topological polar surface area (TPSA) is 62.4 Å². The number of nitrogens with one attached hydrogen (secondary N) is 3. The SMILES string of the molecule is COc1ccc(Cl)cc1NC(=O)C1=C(C)NC(=S)N[C@H]1c1cccc(Br)c1. The first-order valence-electron chi connectivity index (χ1n) is 8.07. The summed E-state index contributed by atoms with van der Waals surface area (Å²) in [7, 11) is 1.54. The fourth-order valence-corrected chi connectivity index (χ4v) is 3.76. The molecule has 5 nitrogen and oxygen atoms in total. The first-order chi connectivity index (χ1) is 12.9. The largest absolute Gasteiger partial charge is 0.495 e. The van der Waals surface area contributed by atoms with Crippen LogP contribution in [0.4, 0.5) is 5.69 Å². The van der Waals surface area contributed by atoms with E-state index in [1.165, 1.54) is 7.11 Å². The number of hydrogen-bond acceptors (Lipinski definition) is 3. The summed E-state index contributed by atoms with van der Waals surface area (Å²) in [6.07, 6.45) is 0. The summed E-state index contributed by atoms with van der Waals surface area (Å²) in [5.41, 5.74) is 2.62. The molecule has 3 N–H and O–H groups in total. The Balaban J connectivity index is 1.98. The van der Waals surface area contributed by atoms with Crippen LogP contribution < -0.4 is 20.7 Å². The summed E-state index contributed by atoms with van der Waals surface area (Å²) < 4.78 is 6.23. The number of amides is 1. The second-order valence-electron chi connectivity index (χ2n) is 5.92. The van der Waals surface area contributed by atoms with Crippen molar-refractivity contribution in [3.05, 3.63) is 68.8 Å². The lowest BCUT2D eigenvalue weighted by Gasteiger charge is -2.30. The number of carbonyl (C=O) groups excluding carboxylic acids is 1. The van der Waals surface area contributed by atoms with E-state index < -0.39 is 0 Å². The molecule has 0 radical (unpaired) electrons. The Morgan fingerprint density at radius 3 is 2.78 bits per heavy atom. The first-order valence-corrected chi connectivity index (χ1v) is 9.65. The zero-order chi connectivity index (χ0) is 19.6. The van der Waals surface area contributed by atoms with E-state index in [-0.39, 0.29) is 11.9 Å². The van der Waals surface area contributed by atoms with Gasteiger partial charge in [-0.25, -0.2) is 0 Å². The van der Waals surface area contributed by atoms with Gasteiger partial charge in [0.1, 0.15) is 5.75 Å². The summed E-state index contributed by atoms with van der Waals surface area (Å²) in [6.45, 7) is 1.82. The molecular weight excluding hydrogens is 450 g/mol. The molecular formula is C19H17BrClN3O2S. The number of benzene rings is 2. The number of rotatable bonds is 4. The van der Waals surface area contributed by atoms with Gasteiger partial charge in [-0.1, -0.05) is 39.7 Å². The number of thiocarbonyl (C=S) groups is 1. The van der Waals surface area contributed by atoms with Gasteiger partial charge in [0.05, 0.1) is 24.4 Å². The third-order valence-corrected chi connectivity index (χ3v) is 5.05. The van der Waals surface area contributed by atoms with Crippen LogP contribution in [0.2, 0.25) is 5.02 Å². The van der Waals surface area contributed by atoms with Gasteiger partial charge < -0.3 is 20.7 Å². The van der Waals surface area contributed by atoms with E-state index in [0.29, 0.717) is 32.8 Å². The highest BCUT2D eigenvalue weighted by Crippen LogP contribution is 2.32. The normalized spacial score (nSPS) is 16.4. The average Bonchev–Trinajstić information content (AvgIpc) is 2.61. The monoisotopic (exact) mass is 465 g/mol. The summed E-state index contributed by atoms with van der Waals surface area (Å²) in [5.74, 6) is 0.248. The molecule has 0 spiro atoms. The zero-order valence-electron chi connectivity index (χ0n) is 14.6. The molecule has 1 aliphatic heterocycles. The Morgan fingerprint density at radius 1 is 1.30 bits per heavy atom. The number of anilines is 1. The van der Waals surface area contributed by atoms with Crippen molar-refractivity contribution in [2.75, 3.05) is 12.4 Å². The molecule has 0 bridgehead atoms. The molecule has 8 heteroatoms. The van der Waals surface area contributed by atoms with Crippen LogP contribution in [0.5, 0.6) is 5.75 Å². The number of ether oxygens (including phenoxy) is 1. The van der Waals surface area contributed by atoms with Gasteiger partial charge in [0.25, 0.3) is 5.91 Å². The van der Waals surface area contributed by atoms with Gasteiger partial charge in [-0.2, -0.15) is 0 Å². The Morgan fingerprint density at radius 2 is 2.07 bits per heavy atom. The van der Waals surface area contributed by atoms with E-state index in [4.69, 9.17) is 28.6 Å². The van der Waals surface area contributed by atoms with Gasteiger partial charge in [-0.05, 0) is 55.0 Å². The Hall–Kier alpha value is -2.09. The molecule has 27 heavy (non-hydrogen) atoms. The van der Waals surface area contributed by atoms with E-state index in [9.17, 15) is 4.79 Å². The third-order valence-electron chi connectivity index (χ3n) is 4.11. The molecule has 0 saturated carbocycles. The Labute approximate surface area is 176 Å². The van der Waals surface area contributed by atoms with Crippen molar-refractivity contribution in [1.29, 1.82) is 0 Å². The number of hydrogen-bond donors (Lipinski definition) is 3. The molecule has 0 fully saturated rings.